The highest BCUT2D eigenvalue weighted by molar-refractivity contribution is 6.33. The molecular weight excluding hydrogens is 906 g/mol. The highest BCUT2D eigenvalue weighted by Gasteiger charge is 2.34. The largest absolute Gasteiger partial charge is 1.00 e. The monoisotopic (exact) mass is 960 g/mol. The zero-order valence-corrected chi connectivity index (χ0v) is 39.4. The SMILES string of the molecule is CCC(CCl)OC.CCC(CCl)OC.CCC(C[n+]1ccc2c(c1)C(=O)c1cc[n+](C)cc1C2=O)OC.C[n+]1ccc2c(c1)C(=O)c1ccncc1C2=O.ClCC1CO1.FB(F)F.[F-]. The molecule has 0 aromatic carbocycles. The summed E-state index contributed by atoms with van der Waals surface area (Å²) in [7, 11) is 5.02. The fourth-order valence-corrected chi connectivity index (χ4v) is 6.65. The van der Waals surface area contributed by atoms with Gasteiger partial charge in [0.25, 0.3) is 0 Å². The molecule has 2 aliphatic carbocycles. The van der Waals surface area contributed by atoms with Crippen molar-refractivity contribution in [3.8, 4) is 0 Å². The van der Waals surface area contributed by atoms with Gasteiger partial charge in [0.1, 0.15) is 20.2 Å². The number of rotatable bonds is 11. The van der Waals surface area contributed by atoms with Crippen molar-refractivity contribution in [1.82, 2.24) is 4.98 Å². The Kier molecular flexibility index (Phi) is 27.2. The van der Waals surface area contributed by atoms with Gasteiger partial charge in [0.2, 0.25) is 17.3 Å². The first-order valence-electron chi connectivity index (χ1n) is 20.0. The standard InChI is InChI=1S/C18H20N2O3.C13H9N2O2.2C5H11ClO.C3H5ClO.BF3.FH/c1-4-12(23-3)9-20-8-6-14-16(11-20)18(22)13-5-7-19(2)10-15(13)17(14)21;1-15-5-3-9-11(7-15)13(17)8-2-4-14-6-10(8)12(9)16;2*1-3-5(4-6)7-2;4-1-3-2-5-3;2-1(3)4;/h5-8,10-12H,4,9H2,1-3H3;2-7H,1H3;2*5H,3-4H2,1-2H3;3H,1-2H2;;1H/q+2;+1;;;;;/p-1. The van der Waals surface area contributed by atoms with Crippen LogP contribution in [0.4, 0.5) is 12.9 Å². The number of carbonyl (C=O) groups excluding carboxylic acids is 4. The number of aryl methyl sites for hydroxylation is 2. The molecule has 0 radical (unpaired) electrons. The van der Waals surface area contributed by atoms with Crippen LogP contribution >= 0.6 is 34.8 Å². The molecule has 4 aromatic rings. The normalized spacial score (nSPS) is 14.9. The van der Waals surface area contributed by atoms with Crippen molar-refractivity contribution in [1.29, 1.82) is 0 Å². The number of alkyl halides is 3. The summed E-state index contributed by atoms with van der Waals surface area (Å²) in [5.41, 5.74) is 3.60. The Balaban J connectivity index is 0.000000435. The van der Waals surface area contributed by atoms with E-state index in [1.54, 1.807) is 85.7 Å². The molecule has 350 valence electrons. The quantitative estimate of drug-likeness (QED) is 0.0630. The first kappa shape index (κ1) is 57.8. The van der Waals surface area contributed by atoms with Crippen molar-refractivity contribution >= 4 is 65.5 Å². The van der Waals surface area contributed by atoms with E-state index in [0.717, 1.165) is 25.9 Å². The van der Waals surface area contributed by atoms with E-state index in [2.05, 4.69) is 25.8 Å². The van der Waals surface area contributed by atoms with Crippen LogP contribution in [0.15, 0.2) is 73.8 Å². The Morgan fingerprint density at radius 1 is 0.656 bits per heavy atom. The lowest BCUT2D eigenvalue weighted by Crippen LogP contribution is -3.00. The molecule has 5 heterocycles. The predicted octanol–water partition coefficient (Wildman–Crippen LogP) is 3.49. The van der Waals surface area contributed by atoms with Gasteiger partial charge in [-0.2, -0.15) is 0 Å². The van der Waals surface area contributed by atoms with Crippen LogP contribution in [-0.2, 0) is 39.6 Å². The third-order valence-corrected chi connectivity index (χ3v) is 10.7. The van der Waals surface area contributed by atoms with Crippen molar-refractivity contribution < 1.29 is 69.5 Å². The summed E-state index contributed by atoms with van der Waals surface area (Å²) in [5.74, 6) is 1.42. The number of carbonyl (C=O) groups is 4. The molecule has 0 saturated carbocycles. The molecule has 0 spiro atoms. The molecule has 4 atom stereocenters. The van der Waals surface area contributed by atoms with Crippen LogP contribution in [0.2, 0.25) is 0 Å². The van der Waals surface area contributed by atoms with Gasteiger partial charge in [-0.3, -0.25) is 37.1 Å². The van der Waals surface area contributed by atoms with Crippen molar-refractivity contribution in [3.05, 3.63) is 118 Å². The lowest BCUT2D eigenvalue weighted by molar-refractivity contribution is -0.704. The van der Waals surface area contributed by atoms with Gasteiger partial charge in [-0.15, -0.1) is 34.8 Å². The minimum Gasteiger partial charge on any atom is -1.00 e. The molecule has 3 aliphatic rings. The van der Waals surface area contributed by atoms with Gasteiger partial charge < -0.3 is 23.7 Å². The Bertz CT molecular complexity index is 2090. The third kappa shape index (κ3) is 17.6. The van der Waals surface area contributed by atoms with Crippen LogP contribution in [0.1, 0.15) is 104 Å². The second-order valence-electron chi connectivity index (χ2n) is 14.0. The number of aromatic nitrogens is 4. The number of nitrogens with zero attached hydrogens (tertiary/aromatic N) is 4. The topological polar surface area (TPSA) is 133 Å². The maximum atomic E-state index is 12.7. The molecule has 12 nitrogen and oxygen atoms in total. The van der Waals surface area contributed by atoms with E-state index in [-0.39, 0.29) is 46.1 Å². The fraction of sp³-hybridized carbons (Fsp3) is 0.455. The predicted molar refractivity (Wildman–Crippen MR) is 234 cm³/mol. The third-order valence-electron chi connectivity index (χ3n) is 9.69. The van der Waals surface area contributed by atoms with Crippen molar-refractivity contribution in [2.45, 2.75) is 71.0 Å². The van der Waals surface area contributed by atoms with Gasteiger partial charge >= 0.3 is 7.54 Å². The number of ether oxygens (including phenoxy) is 4. The average molecular weight is 962 g/mol. The summed E-state index contributed by atoms with van der Waals surface area (Å²) < 4.78 is 54.4. The lowest BCUT2D eigenvalue weighted by atomic mass is 9.86. The highest BCUT2D eigenvalue weighted by atomic mass is 35.5. The van der Waals surface area contributed by atoms with E-state index in [9.17, 15) is 32.1 Å². The van der Waals surface area contributed by atoms with Gasteiger partial charge in [-0.1, -0.05) is 20.8 Å². The van der Waals surface area contributed by atoms with Crippen molar-refractivity contribution in [2.24, 2.45) is 14.1 Å². The summed E-state index contributed by atoms with van der Waals surface area (Å²) in [4.78, 5) is 53.7. The second kappa shape index (κ2) is 30.1. The lowest BCUT2D eigenvalue weighted by Gasteiger charge is -2.15. The Morgan fingerprint density at radius 3 is 1.36 bits per heavy atom. The molecule has 4 unspecified atom stereocenters. The van der Waals surface area contributed by atoms with Crippen molar-refractivity contribution in [3.63, 3.8) is 0 Å². The van der Waals surface area contributed by atoms with Crippen LogP contribution in [0.25, 0.3) is 0 Å². The van der Waals surface area contributed by atoms with Gasteiger partial charge in [0.15, 0.2) is 49.5 Å². The number of epoxide rings is 1. The number of pyridine rings is 4. The smallest absolute Gasteiger partial charge is 0.762 e. The van der Waals surface area contributed by atoms with Gasteiger partial charge in [0.05, 0.1) is 53.1 Å². The summed E-state index contributed by atoms with van der Waals surface area (Å²) in [6.07, 6.45) is 17.4. The summed E-state index contributed by atoms with van der Waals surface area (Å²) in [5, 5.41) is 0. The van der Waals surface area contributed by atoms with Gasteiger partial charge in [-0.25, -0.2) is 13.7 Å². The zero-order valence-electron chi connectivity index (χ0n) is 37.2. The number of ketones is 4. The number of hydrogen-bond donors (Lipinski definition) is 0. The first-order chi connectivity index (χ1) is 30.1. The molecule has 7 rings (SSSR count). The van der Waals surface area contributed by atoms with E-state index < -0.39 is 7.54 Å². The number of methoxy groups -OCH3 is 3. The zero-order chi connectivity index (χ0) is 47.2. The fourth-order valence-electron chi connectivity index (χ4n) is 5.78. The van der Waals surface area contributed by atoms with E-state index in [1.807, 2.05) is 24.9 Å². The van der Waals surface area contributed by atoms with E-state index in [4.69, 9.17) is 53.8 Å². The van der Waals surface area contributed by atoms with Gasteiger partial charge in [-0.05, 0) is 25.3 Å². The maximum absolute atomic E-state index is 12.7. The minimum atomic E-state index is -3.67. The minimum absolute atomic E-state index is 0. The van der Waals surface area contributed by atoms with Crippen LogP contribution < -0.4 is 18.4 Å². The Hall–Kier alpha value is -4.23. The van der Waals surface area contributed by atoms with Crippen LogP contribution in [0.5, 0.6) is 0 Å². The molecule has 1 fully saturated rings. The molecular formula is C44H56BCl3F4N4O8+2. The first-order valence-corrected chi connectivity index (χ1v) is 21.6. The summed E-state index contributed by atoms with van der Waals surface area (Å²) >= 11 is 16.2. The second-order valence-corrected chi connectivity index (χ2v) is 15.0. The number of halogens is 7. The summed E-state index contributed by atoms with van der Waals surface area (Å²) in [6.45, 7) is 7.69. The Labute approximate surface area is 387 Å². The molecule has 20 heteroatoms. The summed E-state index contributed by atoms with van der Waals surface area (Å²) in [6, 6.07) is 6.70. The Morgan fingerprint density at radius 2 is 1.03 bits per heavy atom. The number of hydrogen-bond acceptors (Lipinski definition) is 9. The van der Waals surface area contributed by atoms with Crippen LogP contribution in [-0.4, -0.2) is 106 Å². The van der Waals surface area contributed by atoms with Crippen molar-refractivity contribution in [2.75, 3.05) is 45.6 Å². The molecule has 1 aliphatic heterocycles. The molecule has 0 N–H and O–H groups in total. The molecule has 1 saturated heterocycles. The maximum Gasteiger partial charge on any atom is 0.762 e. The highest BCUT2D eigenvalue weighted by Crippen LogP contribution is 2.26. The molecule has 64 heavy (non-hydrogen) atoms. The van der Waals surface area contributed by atoms with E-state index >= 15 is 0 Å². The molecule has 0 bridgehead atoms. The molecule has 0 amide bonds. The molecule has 4 aromatic heterocycles. The average Bonchev–Trinajstić information content (AvgIpc) is 4.14. The van der Waals surface area contributed by atoms with Crippen LogP contribution in [0, 0.1) is 0 Å². The number of fused-ring (bicyclic) bond motifs is 4. The van der Waals surface area contributed by atoms with E-state index in [1.165, 1.54) is 12.4 Å². The van der Waals surface area contributed by atoms with Gasteiger partial charge in [0, 0.05) is 85.9 Å². The van der Waals surface area contributed by atoms with E-state index in [0.29, 0.717) is 74.8 Å². The van der Waals surface area contributed by atoms with Crippen LogP contribution in [0.3, 0.4) is 0 Å².